The number of carbonyl (C=O) groups excluding carboxylic acids is 2. The van der Waals surface area contributed by atoms with Crippen molar-refractivity contribution in [2.24, 2.45) is 0 Å². The first-order valence-electron chi connectivity index (χ1n) is 9.02. The zero-order valence-electron chi connectivity index (χ0n) is 15.0. The highest BCUT2D eigenvalue weighted by atomic mass is 35.5. The summed E-state index contributed by atoms with van der Waals surface area (Å²) in [5.41, 5.74) is 1.01. The lowest BCUT2D eigenvalue weighted by Crippen LogP contribution is -2.43. The number of aromatic nitrogens is 1. The Morgan fingerprint density at radius 2 is 2.04 bits per heavy atom. The van der Waals surface area contributed by atoms with Crippen LogP contribution in [0.1, 0.15) is 53.3 Å². The Kier molecular flexibility index (Phi) is 6.06. The molecule has 142 valence electrons. The van der Waals surface area contributed by atoms with Gasteiger partial charge in [0.1, 0.15) is 5.82 Å². The van der Waals surface area contributed by atoms with Gasteiger partial charge in [0.25, 0.3) is 11.8 Å². The van der Waals surface area contributed by atoms with Gasteiger partial charge in [-0.05, 0) is 49.9 Å². The highest BCUT2D eigenvalue weighted by Gasteiger charge is 2.26. The first-order chi connectivity index (χ1) is 13.0. The third kappa shape index (κ3) is 4.45. The Balaban J connectivity index is 1.77. The summed E-state index contributed by atoms with van der Waals surface area (Å²) in [5, 5.41) is 2.56. The summed E-state index contributed by atoms with van der Waals surface area (Å²) in [6.07, 6.45) is 6.90. The molecule has 2 amide bonds. The van der Waals surface area contributed by atoms with Crippen molar-refractivity contribution in [2.45, 2.75) is 38.6 Å². The number of carbonyl (C=O) groups is 2. The summed E-state index contributed by atoms with van der Waals surface area (Å²) in [4.78, 5) is 31.3. The van der Waals surface area contributed by atoms with Crippen molar-refractivity contribution in [2.75, 3.05) is 11.9 Å². The van der Waals surface area contributed by atoms with Crippen molar-refractivity contribution in [3.8, 4) is 0 Å². The second kappa shape index (κ2) is 8.48. The van der Waals surface area contributed by atoms with Crippen molar-refractivity contribution >= 4 is 29.1 Å². The van der Waals surface area contributed by atoms with E-state index in [4.69, 9.17) is 11.6 Å². The van der Waals surface area contributed by atoms with E-state index in [1.165, 1.54) is 36.7 Å². The Morgan fingerprint density at radius 3 is 2.78 bits per heavy atom. The summed E-state index contributed by atoms with van der Waals surface area (Å²) in [5.74, 6) is -1.10. The smallest absolute Gasteiger partial charge is 0.257 e. The van der Waals surface area contributed by atoms with Crippen LogP contribution in [0.25, 0.3) is 0 Å². The van der Waals surface area contributed by atoms with E-state index in [2.05, 4.69) is 17.2 Å². The topological polar surface area (TPSA) is 62.3 Å². The van der Waals surface area contributed by atoms with Crippen molar-refractivity contribution in [3.05, 3.63) is 58.6 Å². The number of nitrogens with one attached hydrogen (secondary N) is 1. The molecule has 3 rings (SSSR count). The fraction of sp³-hybridized carbons (Fsp3) is 0.350. The van der Waals surface area contributed by atoms with Crippen molar-refractivity contribution < 1.29 is 14.0 Å². The molecule has 27 heavy (non-hydrogen) atoms. The molecule has 0 saturated carbocycles. The molecule has 1 aromatic heterocycles. The Labute approximate surface area is 162 Å². The first-order valence-corrected chi connectivity index (χ1v) is 9.39. The average molecular weight is 390 g/mol. The largest absolute Gasteiger partial charge is 0.336 e. The van der Waals surface area contributed by atoms with Crippen LogP contribution in [-0.4, -0.2) is 34.3 Å². The lowest BCUT2D eigenvalue weighted by molar-refractivity contribution is 0.0607. The minimum atomic E-state index is -0.559. The number of hydrogen-bond acceptors (Lipinski definition) is 3. The predicted molar refractivity (Wildman–Crippen MR) is 103 cm³/mol. The molecule has 7 heteroatoms. The van der Waals surface area contributed by atoms with E-state index < -0.39 is 11.7 Å². The van der Waals surface area contributed by atoms with E-state index in [0.29, 0.717) is 11.3 Å². The molecule has 1 aromatic carbocycles. The highest BCUT2D eigenvalue weighted by molar-refractivity contribution is 6.31. The van der Waals surface area contributed by atoms with Gasteiger partial charge < -0.3 is 10.2 Å². The van der Waals surface area contributed by atoms with Gasteiger partial charge in [-0.15, -0.1) is 0 Å². The van der Waals surface area contributed by atoms with Crippen LogP contribution in [0.3, 0.4) is 0 Å². The molecular formula is C20H21ClFN3O2. The van der Waals surface area contributed by atoms with E-state index in [1.807, 2.05) is 4.90 Å². The van der Waals surface area contributed by atoms with E-state index >= 15 is 0 Å². The zero-order chi connectivity index (χ0) is 19.4. The number of pyridine rings is 1. The summed E-state index contributed by atoms with van der Waals surface area (Å²) in [7, 11) is 0. The van der Waals surface area contributed by atoms with Gasteiger partial charge in [0, 0.05) is 30.7 Å². The van der Waals surface area contributed by atoms with Crippen LogP contribution in [0.2, 0.25) is 5.02 Å². The van der Waals surface area contributed by atoms with Gasteiger partial charge in [-0.25, -0.2) is 4.39 Å². The third-order valence-corrected chi connectivity index (χ3v) is 5.07. The maximum absolute atomic E-state index is 13.2. The Bertz CT molecular complexity index is 859. The molecule has 1 aliphatic heterocycles. The van der Waals surface area contributed by atoms with Gasteiger partial charge in [0.2, 0.25) is 0 Å². The van der Waals surface area contributed by atoms with Crippen LogP contribution in [0.4, 0.5) is 10.1 Å². The standard InChI is InChI=1S/C20H21ClFN3O2/c1-2-16-5-3-4-8-25(16)20(27)14-9-13(11-23-12-14)19(26)24-15-6-7-18(22)17(21)10-15/h6-7,9-12,16H,2-5,8H2,1H3,(H,24,26). The molecule has 1 N–H and O–H groups in total. The second-order valence-corrected chi connectivity index (χ2v) is 7.01. The van der Waals surface area contributed by atoms with E-state index in [1.54, 1.807) is 0 Å². The molecule has 0 aliphatic carbocycles. The number of halogens is 2. The van der Waals surface area contributed by atoms with E-state index in [9.17, 15) is 14.0 Å². The first kappa shape index (κ1) is 19.3. The number of rotatable bonds is 4. The van der Waals surface area contributed by atoms with Crippen LogP contribution in [-0.2, 0) is 0 Å². The molecule has 2 heterocycles. The van der Waals surface area contributed by atoms with E-state index in [-0.39, 0.29) is 22.5 Å². The molecule has 0 bridgehead atoms. The summed E-state index contributed by atoms with van der Waals surface area (Å²) in [6.45, 7) is 2.80. The van der Waals surface area contributed by atoms with Crippen molar-refractivity contribution in [1.82, 2.24) is 9.88 Å². The fourth-order valence-corrected chi connectivity index (χ4v) is 3.50. The number of nitrogens with zero attached hydrogens (tertiary/aromatic N) is 2. The molecule has 2 aromatic rings. The van der Waals surface area contributed by atoms with Gasteiger partial charge >= 0.3 is 0 Å². The van der Waals surface area contributed by atoms with E-state index in [0.717, 1.165) is 32.2 Å². The van der Waals surface area contributed by atoms with Crippen LogP contribution >= 0.6 is 11.6 Å². The number of amides is 2. The normalized spacial score (nSPS) is 16.9. The second-order valence-electron chi connectivity index (χ2n) is 6.60. The number of piperidine rings is 1. The fourth-order valence-electron chi connectivity index (χ4n) is 3.32. The Hall–Kier alpha value is -2.47. The molecule has 1 aliphatic rings. The maximum atomic E-state index is 13.2. The lowest BCUT2D eigenvalue weighted by atomic mass is 9.99. The van der Waals surface area contributed by atoms with Gasteiger partial charge in [0.05, 0.1) is 16.1 Å². The predicted octanol–water partition coefficient (Wildman–Crippen LogP) is 4.53. The molecule has 5 nitrogen and oxygen atoms in total. The van der Waals surface area contributed by atoms with Gasteiger partial charge in [-0.3, -0.25) is 14.6 Å². The number of likely N-dealkylation sites (tertiary alicyclic amines) is 1. The average Bonchev–Trinajstić information content (AvgIpc) is 2.70. The molecule has 1 fully saturated rings. The molecule has 0 radical (unpaired) electrons. The van der Waals surface area contributed by atoms with Crippen LogP contribution in [0.5, 0.6) is 0 Å². The minimum absolute atomic E-state index is 0.0782. The summed E-state index contributed by atoms with van der Waals surface area (Å²) in [6, 6.07) is 5.69. The van der Waals surface area contributed by atoms with Gasteiger partial charge in [0.15, 0.2) is 0 Å². The summed E-state index contributed by atoms with van der Waals surface area (Å²) >= 11 is 5.73. The van der Waals surface area contributed by atoms with Crippen molar-refractivity contribution in [3.63, 3.8) is 0 Å². The number of benzene rings is 1. The van der Waals surface area contributed by atoms with Crippen LogP contribution in [0, 0.1) is 5.82 Å². The lowest BCUT2D eigenvalue weighted by Gasteiger charge is -2.35. The molecule has 1 atom stereocenters. The molecule has 1 saturated heterocycles. The Morgan fingerprint density at radius 1 is 1.26 bits per heavy atom. The summed E-state index contributed by atoms with van der Waals surface area (Å²) < 4.78 is 13.2. The molecule has 1 unspecified atom stereocenters. The quantitative estimate of drug-likeness (QED) is 0.835. The molecular weight excluding hydrogens is 369 g/mol. The number of hydrogen-bond donors (Lipinski definition) is 1. The maximum Gasteiger partial charge on any atom is 0.257 e. The van der Waals surface area contributed by atoms with Crippen molar-refractivity contribution in [1.29, 1.82) is 0 Å². The van der Waals surface area contributed by atoms with Crippen LogP contribution in [0.15, 0.2) is 36.7 Å². The monoisotopic (exact) mass is 389 g/mol. The SMILES string of the molecule is CCC1CCCCN1C(=O)c1cncc(C(=O)Nc2ccc(F)c(Cl)c2)c1. The third-order valence-electron chi connectivity index (χ3n) is 4.78. The highest BCUT2D eigenvalue weighted by Crippen LogP contribution is 2.23. The van der Waals surface area contributed by atoms with Crippen LogP contribution < -0.4 is 5.32 Å². The zero-order valence-corrected chi connectivity index (χ0v) is 15.8. The van der Waals surface area contributed by atoms with Gasteiger partial charge in [-0.1, -0.05) is 18.5 Å². The minimum Gasteiger partial charge on any atom is -0.336 e. The molecule has 0 spiro atoms. The number of anilines is 1. The van der Waals surface area contributed by atoms with Gasteiger partial charge in [-0.2, -0.15) is 0 Å².